The number of halogens is 1. The second-order valence-corrected chi connectivity index (χ2v) is 9.10. The molecule has 0 saturated carbocycles. The van der Waals surface area contributed by atoms with Crippen molar-refractivity contribution in [2.45, 2.75) is 46.0 Å². The van der Waals surface area contributed by atoms with Gasteiger partial charge in [-0.1, -0.05) is 11.8 Å². The van der Waals surface area contributed by atoms with E-state index >= 15 is 0 Å². The number of amides is 1. The summed E-state index contributed by atoms with van der Waals surface area (Å²) in [6.45, 7) is 8.43. The molecule has 176 valence electrons. The van der Waals surface area contributed by atoms with Crippen LogP contribution in [0.4, 0.5) is 9.39 Å². The molecular formula is C22H25FN4O4S2. The first-order valence-electron chi connectivity index (χ1n) is 10.3. The molecule has 0 radical (unpaired) electrons. The normalized spacial score (nSPS) is 10.8. The number of anilines is 1. The molecule has 0 spiro atoms. The Labute approximate surface area is 199 Å². The quantitative estimate of drug-likeness (QED) is 0.326. The number of hydrogen-bond acceptors (Lipinski definition) is 8. The summed E-state index contributed by atoms with van der Waals surface area (Å²) in [7, 11) is 0. The first kappa shape index (κ1) is 24.7. The highest BCUT2D eigenvalue weighted by Gasteiger charge is 2.22. The van der Waals surface area contributed by atoms with Crippen molar-refractivity contribution in [2.24, 2.45) is 0 Å². The van der Waals surface area contributed by atoms with E-state index in [2.05, 4.69) is 15.5 Å². The van der Waals surface area contributed by atoms with Gasteiger partial charge in [0.2, 0.25) is 5.91 Å². The first-order valence-corrected chi connectivity index (χ1v) is 12.1. The first-order chi connectivity index (χ1) is 15.8. The van der Waals surface area contributed by atoms with E-state index in [0.29, 0.717) is 33.8 Å². The van der Waals surface area contributed by atoms with Crippen molar-refractivity contribution in [1.29, 1.82) is 0 Å². The molecule has 0 aliphatic rings. The monoisotopic (exact) mass is 492 g/mol. The van der Waals surface area contributed by atoms with Crippen LogP contribution in [0, 0.1) is 19.7 Å². The van der Waals surface area contributed by atoms with Gasteiger partial charge in [-0.25, -0.2) is 9.18 Å². The largest absolute Gasteiger partial charge is 0.486 e. The summed E-state index contributed by atoms with van der Waals surface area (Å²) in [6.07, 6.45) is 0. The lowest BCUT2D eigenvalue weighted by molar-refractivity contribution is -0.113. The molecule has 0 aliphatic carbocycles. The van der Waals surface area contributed by atoms with Gasteiger partial charge in [-0.2, -0.15) is 0 Å². The number of carbonyl (C=O) groups is 2. The van der Waals surface area contributed by atoms with Gasteiger partial charge in [0.1, 0.15) is 23.2 Å². The van der Waals surface area contributed by atoms with E-state index in [1.165, 1.54) is 35.2 Å². The van der Waals surface area contributed by atoms with E-state index in [4.69, 9.17) is 9.47 Å². The summed E-state index contributed by atoms with van der Waals surface area (Å²) in [6, 6.07) is 5.73. The molecule has 0 saturated heterocycles. The molecule has 1 aromatic carbocycles. The molecule has 0 unspecified atom stereocenters. The highest BCUT2D eigenvalue weighted by molar-refractivity contribution is 7.99. The molecule has 3 rings (SSSR count). The van der Waals surface area contributed by atoms with E-state index in [1.807, 2.05) is 25.3 Å². The number of aromatic nitrogens is 3. The number of benzene rings is 1. The maximum atomic E-state index is 13.0. The molecule has 0 bridgehead atoms. The molecule has 1 N–H and O–H groups in total. The van der Waals surface area contributed by atoms with Crippen molar-refractivity contribution in [2.75, 3.05) is 17.7 Å². The van der Waals surface area contributed by atoms with E-state index in [-0.39, 0.29) is 30.7 Å². The maximum Gasteiger partial charge on any atom is 0.341 e. The van der Waals surface area contributed by atoms with E-state index < -0.39 is 5.97 Å². The summed E-state index contributed by atoms with van der Waals surface area (Å²) in [5, 5.41) is 12.2. The number of nitrogens with zero attached hydrogens (tertiary/aromatic N) is 3. The molecular weight excluding hydrogens is 467 g/mol. The molecule has 1 amide bonds. The fourth-order valence-corrected chi connectivity index (χ4v) is 4.87. The van der Waals surface area contributed by atoms with Gasteiger partial charge in [0.25, 0.3) is 0 Å². The molecule has 8 nitrogen and oxygen atoms in total. The number of rotatable bonds is 10. The lowest BCUT2D eigenvalue weighted by Gasteiger charge is -2.09. The molecule has 0 atom stereocenters. The Kier molecular flexibility index (Phi) is 8.45. The van der Waals surface area contributed by atoms with Gasteiger partial charge in [-0.3, -0.25) is 4.79 Å². The number of ether oxygens (including phenoxy) is 2. The molecule has 3 aromatic rings. The molecule has 33 heavy (non-hydrogen) atoms. The zero-order valence-corrected chi connectivity index (χ0v) is 20.4. The summed E-state index contributed by atoms with van der Waals surface area (Å²) < 4.78 is 25.7. The zero-order chi connectivity index (χ0) is 24.0. The Bertz CT molecular complexity index is 1130. The smallest absolute Gasteiger partial charge is 0.341 e. The van der Waals surface area contributed by atoms with Crippen LogP contribution in [0.1, 0.15) is 40.5 Å². The minimum Gasteiger partial charge on any atom is -0.486 e. The fraction of sp³-hybridized carbons (Fsp3) is 0.364. The van der Waals surface area contributed by atoms with Crippen LogP contribution in [0.25, 0.3) is 0 Å². The third kappa shape index (κ3) is 6.11. The van der Waals surface area contributed by atoms with Crippen LogP contribution < -0.4 is 10.1 Å². The van der Waals surface area contributed by atoms with E-state index in [0.717, 1.165) is 10.4 Å². The Hall–Kier alpha value is -2.92. The SMILES string of the molecule is CCOC(=O)c1c(NC(=O)CSc2nnc(COc3ccc(F)cc3)n2CC)sc(C)c1C. The number of carbonyl (C=O) groups excluding carboxylic acids is 2. The van der Waals surface area contributed by atoms with Crippen molar-refractivity contribution in [3.05, 3.63) is 51.9 Å². The van der Waals surface area contributed by atoms with Crippen molar-refractivity contribution in [3.63, 3.8) is 0 Å². The zero-order valence-electron chi connectivity index (χ0n) is 18.8. The average Bonchev–Trinajstić information content (AvgIpc) is 3.31. The predicted octanol–water partition coefficient (Wildman–Crippen LogP) is 4.60. The van der Waals surface area contributed by atoms with Crippen molar-refractivity contribution in [1.82, 2.24) is 14.8 Å². The highest BCUT2D eigenvalue weighted by atomic mass is 32.2. The topological polar surface area (TPSA) is 95.3 Å². The number of thioether (sulfide) groups is 1. The maximum absolute atomic E-state index is 13.0. The van der Waals surface area contributed by atoms with Crippen LogP contribution >= 0.6 is 23.1 Å². The minimum absolute atomic E-state index is 0.0925. The van der Waals surface area contributed by atoms with Crippen LogP contribution in [0.2, 0.25) is 0 Å². The van der Waals surface area contributed by atoms with Gasteiger partial charge in [-0.15, -0.1) is 21.5 Å². The van der Waals surface area contributed by atoms with Gasteiger partial charge in [0.15, 0.2) is 11.0 Å². The number of esters is 1. The second kappa shape index (κ2) is 11.3. The Morgan fingerprint density at radius 1 is 1.18 bits per heavy atom. The molecule has 11 heteroatoms. The van der Waals surface area contributed by atoms with Gasteiger partial charge >= 0.3 is 5.97 Å². The third-order valence-corrected chi connectivity index (χ3v) is 6.83. The summed E-state index contributed by atoms with van der Waals surface area (Å²) in [5.41, 5.74) is 1.20. The van der Waals surface area contributed by atoms with E-state index in [1.54, 1.807) is 19.1 Å². The highest BCUT2D eigenvalue weighted by Crippen LogP contribution is 2.33. The standard InChI is InChI=1S/C22H25FN4O4S2/c1-5-27-17(11-31-16-9-7-15(23)8-10-16)25-26-22(27)32-12-18(28)24-20-19(21(29)30-6-2)13(3)14(4)33-20/h7-10H,5-6,11-12H2,1-4H3,(H,24,28). The molecule has 2 heterocycles. The molecule has 0 fully saturated rings. The van der Waals surface area contributed by atoms with Crippen molar-refractivity contribution in [3.8, 4) is 5.75 Å². The summed E-state index contributed by atoms with van der Waals surface area (Å²) in [4.78, 5) is 25.8. The Balaban J connectivity index is 1.62. The number of thiophene rings is 1. The summed E-state index contributed by atoms with van der Waals surface area (Å²) >= 11 is 2.59. The Morgan fingerprint density at radius 2 is 1.91 bits per heavy atom. The summed E-state index contributed by atoms with van der Waals surface area (Å²) in [5.74, 6) is 0.168. The number of hydrogen-bond donors (Lipinski definition) is 1. The van der Waals surface area contributed by atoms with Gasteiger partial charge < -0.3 is 19.4 Å². The molecule has 2 aromatic heterocycles. The van der Waals surface area contributed by atoms with Crippen LogP contribution in [0.15, 0.2) is 29.4 Å². The Morgan fingerprint density at radius 3 is 2.58 bits per heavy atom. The average molecular weight is 493 g/mol. The lowest BCUT2D eigenvalue weighted by atomic mass is 10.1. The van der Waals surface area contributed by atoms with Gasteiger partial charge in [-0.05, 0) is 57.5 Å². The lowest BCUT2D eigenvalue weighted by Crippen LogP contribution is -2.17. The van der Waals surface area contributed by atoms with Crippen LogP contribution in [-0.2, 0) is 22.7 Å². The fourth-order valence-electron chi connectivity index (χ4n) is 2.99. The van der Waals surface area contributed by atoms with Crippen molar-refractivity contribution >= 4 is 40.0 Å². The number of aryl methyl sites for hydroxylation is 1. The van der Waals surface area contributed by atoms with Gasteiger partial charge in [0.05, 0.1) is 17.9 Å². The van der Waals surface area contributed by atoms with Crippen molar-refractivity contribution < 1.29 is 23.5 Å². The number of nitrogens with one attached hydrogen (secondary N) is 1. The predicted molar refractivity (Wildman–Crippen MR) is 126 cm³/mol. The molecule has 0 aliphatic heterocycles. The third-order valence-electron chi connectivity index (χ3n) is 4.74. The second-order valence-electron chi connectivity index (χ2n) is 6.93. The van der Waals surface area contributed by atoms with Crippen LogP contribution in [0.3, 0.4) is 0 Å². The van der Waals surface area contributed by atoms with Crippen LogP contribution in [-0.4, -0.2) is 39.0 Å². The van der Waals surface area contributed by atoms with E-state index in [9.17, 15) is 14.0 Å². The van der Waals surface area contributed by atoms with Crippen LogP contribution in [0.5, 0.6) is 5.75 Å². The minimum atomic E-state index is -0.446. The van der Waals surface area contributed by atoms with Gasteiger partial charge in [0, 0.05) is 11.4 Å².